The number of ether oxygens (including phenoxy) is 1. The summed E-state index contributed by atoms with van der Waals surface area (Å²) in [5.41, 5.74) is 1.67. The number of methoxy groups -OCH3 is 1. The SMILES string of the molecule is COc1ccc(NC(=O)C(Sc2nnc(C)n2C2CCCCC2)c2ccccc2)cc1. The minimum absolute atomic E-state index is 0.0859. The Morgan fingerprint density at radius 3 is 2.45 bits per heavy atom. The fourth-order valence-electron chi connectivity index (χ4n) is 4.08. The van der Waals surface area contributed by atoms with Gasteiger partial charge in [0.15, 0.2) is 5.16 Å². The second-order valence-electron chi connectivity index (χ2n) is 7.82. The number of benzene rings is 2. The van der Waals surface area contributed by atoms with E-state index < -0.39 is 5.25 Å². The maximum atomic E-state index is 13.3. The molecule has 2 aromatic carbocycles. The Balaban J connectivity index is 1.60. The summed E-state index contributed by atoms with van der Waals surface area (Å²) in [6, 6.07) is 17.6. The second kappa shape index (κ2) is 10.0. The number of rotatable bonds is 7. The molecule has 1 heterocycles. The fraction of sp³-hybridized carbons (Fsp3) is 0.375. The van der Waals surface area contributed by atoms with E-state index in [1.165, 1.54) is 31.0 Å². The van der Waals surface area contributed by atoms with Crippen molar-refractivity contribution in [1.82, 2.24) is 14.8 Å². The fourth-order valence-corrected chi connectivity index (χ4v) is 5.23. The maximum absolute atomic E-state index is 13.3. The summed E-state index contributed by atoms with van der Waals surface area (Å²) in [4.78, 5) is 13.3. The molecule has 0 radical (unpaired) electrons. The third-order valence-corrected chi connectivity index (χ3v) is 6.91. The third-order valence-electron chi connectivity index (χ3n) is 5.70. The summed E-state index contributed by atoms with van der Waals surface area (Å²) in [5, 5.41) is 12.2. The molecule has 6 nitrogen and oxygen atoms in total. The highest BCUT2D eigenvalue weighted by molar-refractivity contribution is 8.00. The van der Waals surface area contributed by atoms with Crippen LogP contribution in [-0.2, 0) is 4.79 Å². The zero-order chi connectivity index (χ0) is 21.6. The van der Waals surface area contributed by atoms with Gasteiger partial charge in [0.25, 0.3) is 0 Å². The molecule has 3 aromatic rings. The molecule has 1 aliphatic carbocycles. The normalized spacial score (nSPS) is 15.4. The van der Waals surface area contributed by atoms with Crippen LogP contribution in [0.15, 0.2) is 59.8 Å². The van der Waals surface area contributed by atoms with Crippen LogP contribution in [-0.4, -0.2) is 27.8 Å². The minimum atomic E-state index is -0.436. The number of hydrogen-bond donors (Lipinski definition) is 1. The van der Waals surface area contributed by atoms with Crippen molar-refractivity contribution < 1.29 is 9.53 Å². The largest absolute Gasteiger partial charge is 0.497 e. The van der Waals surface area contributed by atoms with Crippen LogP contribution in [0.2, 0.25) is 0 Å². The topological polar surface area (TPSA) is 69.0 Å². The molecule has 1 atom stereocenters. The summed E-state index contributed by atoms with van der Waals surface area (Å²) in [6.45, 7) is 2.00. The maximum Gasteiger partial charge on any atom is 0.242 e. The van der Waals surface area contributed by atoms with Crippen molar-refractivity contribution in [1.29, 1.82) is 0 Å². The third kappa shape index (κ3) is 5.10. The molecule has 1 amide bonds. The van der Waals surface area contributed by atoms with Crippen molar-refractivity contribution in [2.75, 3.05) is 12.4 Å². The van der Waals surface area contributed by atoms with Crippen molar-refractivity contribution in [3.05, 3.63) is 66.0 Å². The van der Waals surface area contributed by atoms with E-state index in [0.29, 0.717) is 6.04 Å². The molecule has 162 valence electrons. The van der Waals surface area contributed by atoms with Crippen molar-refractivity contribution in [3.63, 3.8) is 0 Å². The Hall–Kier alpha value is -2.80. The van der Waals surface area contributed by atoms with E-state index >= 15 is 0 Å². The molecule has 1 unspecified atom stereocenters. The quantitative estimate of drug-likeness (QED) is 0.490. The van der Waals surface area contributed by atoms with Gasteiger partial charge >= 0.3 is 0 Å². The van der Waals surface area contributed by atoms with Crippen molar-refractivity contribution in [2.24, 2.45) is 0 Å². The second-order valence-corrected chi connectivity index (χ2v) is 8.89. The number of thioether (sulfide) groups is 1. The van der Waals surface area contributed by atoms with Gasteiger partial charge in [-0.15, -0.1) is 10.2 Å². The molecule has 1 fully saturated rings. The Bertz CT molecular complexity index is 998. The summed E-state index contributed by atoms with van der Waals surface area (Å²) in [7, 11) is 1.63. The van der Waals surface area contributed by atoms with Gasteiger partial charge < -0.3 is 14.6 Å². The average molecular weight is 437 g/mol. The van der Waals surface area contributed by atoms with Crippen LogP contribution in [0.25, 0.3) is 0 Å². The number of aryl methyl sites for hydroxylation is 1. The summed E-state index contributed by atoms with van der Waals surface area (Å²) in [5.74, 6) is 1.58. The molecule has 0 bridgehead atoms. The lowest BCUT2D eigenvalue weighted by atomic mass is 9.95. The molecular formula is C24H28N4O2S. The lowest BCUT2D eigenvalue weighted by molar-refractivity contribution is -0.115. The van der Waals surface area contributed by atoms with Gasteiger partial charge in [-0.25, -0.2) is 0 Å². The molecule has 0 aliphatic heterocycles. The van der Waals surface area contributed by atoms with Gasteiger partial charge in [-0.1, -0.05) is 61.4 Å². The lowest BCUT2D eigenvalue weighted by Gasteiger charge is -2.26. The Morgan fingerprint density at radius 2 is 1.77 bits per heavy atom. The lowest BCUT2D eigenvalue weighted by Crippen LogP contribution is -2.20. The molecule has 31 heavy (non-hydrogen) atoms. The van der Waals surface area contributed by atoms with Crippen LogP contribution in [0, 0.1) is 6.92 Å². The number of aromatic nitrogens is 3. The van der Waals surface area contributed by atoms with E-state index in [4.69, 9.17) is 4.74 Å². The first kappa shape index (κ1) is 21.4. The van der Waals surface area contributed by atoms with Crippen LogP contribution >= 0.6 is 11.8 Å². The van der Waals surface area contributed by atoms with Gasteiger partial charge in [-0.3, -0.25) is 4.79 Å². The Morgan fingerprint density at radius 1 is 1.06 bits per heavy atom. The van der Waals surface area contributed by atoms with Gasteiger partial charge in [0.2, 0.25) is 5.91 Å². The highest BCUT2D eigenvalue weighted by Gasteiger charge is 2.28. The smallest absolute Gasteiger partial charge is 0.242 e. The number of hydrogen-bond acceptors (Lipinski definition) is 5. The van der Waals surface area contributed by atoms with E-state index in [2.05, 4.69) is 20.1 Å². The highest BCUT2D eigenvalue weighted by Crippen LogP contribution is 2.39. The van der Waals surface area contributed by atoms with Gasteiger partial charge in [0.05, 0.1) is 7.11 Å². The van der Waals surface area contributed by atoms with Crippen LogP contribution < -0.4 is 10.1 Å². The number of anilines is 1. The molecule has 7 heteroatoms. The molecule has 0 saturated heterocycles. The van der Waals surface area contributed by atoms with Crippen molar-refractivity contribution in [3.8, 4) is 5.75 Å². The number of carbonyl (C=O) groups excluding carboxylic acids is 1. The van der Waals surface area contributed by atoms with Crippen molar-refractivity contribution >= 4 is 23.4 Å². The monoisotopic (exact) mass is 436 g/mol. The first-order chi connectivity index (χ1) is 15.2. The van der Waals surface area contributed by atoms with Gasteiger partial charge in [0, 0.05) is 11.7 Å². The predicted octanol–water partition coefficient (Wildman–Crippen LogP) is 5.57. The minimum Gasteiger partial charge on any atom is -0.497 e. The number of amides is 1. The van der Waals surface area contributed by atoms with E-state index in [-0.39, 0.29) is 5.91 Å². The first-order valence-corrected chi connectivity index (χ1v) is 11.6. The molecule has 1 aromatic heterocycles. The average Bonchev–Trinajstić information content (AvgIpc) is 3.19. The Kier molecular flexibility index (Phi) is 6.92. The zero-order valence-electron chi connectivity index (χ0n) is 18.0. The summed E-state index contributed by atoms with van der Waals surface area (Å²) in [6.07, 6.45) is 6.02. The number of nitrogens with one attached hydrogen (secondary N) is 1. The van der Waals surface area contributed by atoms with Gasteiger partial charge in [-0.05, 0) is 49.6 Å². The number of carbonyl (C=O) groups is 1. The predicted molar refractivity (Wildman–Crippen MR) is 124 cm³/mol. The standard InChI is InChI=1S/C24H28N4O2S/c1-17-26-27-24(28(17)20-11-7-4-8-12-20)31-22(18-9-5-3-6-10-18)23(29)25-19-13-15-21(30-2)16-14-19/h3,5-6,9-10,13-16,20,22H,4,7-8,11-12H2,1-2H3,(H,25,29). The van der Waals surface area contributed by atoms with E-state index in [9.17, 15) is 4.79 Å². The van der Waals surface area contributed by atoms with E-state index in [1.54, 1.807) is 7.11 Å². The summed E-state index contributed by atoms with van der Waals surface area (Å²) < 4.78 is 7.44. The van der Waals surface area contributed by atoms with Crippen LogP contribution in [0.3, 0.4) is 0 Å². The van der Waals surface area contributed by atoms with Gasteiger partial charge in [0.1, 0.15) is 16.8 Å². The van der Waals surface area contributed by atoms with Crippen LogP contribution in [0.4, 0.5) is 5.69 Å². The van der Waals surface area contributed by atoms with E-state index in [1.807, 2.05) is 61.5 Å². The van der Waals surface area contributed by atoms with Gasteiger partial charge in [-0.2, -0.15) is 0 Å². The molecule has 1 saturated carbocycles. The summed E-state index contributed by atoms with van der Waals surface area (Å²) >= 11 is 1.47. The van der Waals surface area contributed by atoms with Crippen molar-refractivity contribution in [2.45, 2.75) is 55.5 Å². The Labute approximate surface area is 187 Å². The van der Waals surface area contributed by atoms with Crippen LogP contribution in [0.5, 0.6) is 5.75 Å². The first-order valence-electron chi connectivity index (χ1n) is 10.7. The molecule has 4 rings (SSSR count). The van der Waals surface area contributed by atoms with Crippen LogP contribution in [0.1, 0.15) is 54.8 Å². The highest BCUT2D eigenvalue weighted by atomic mass is 32.2. The van der Waals surface area contributed by atoms with E-state index in [0.717, 1.165) is 40.8 Å². The molecule has 0 spiro atoms. The molecular weight excluding hydrogens is 408 g/mol. The molecule has 1 N–H and O–H groups in total. The molecule has 1 aliphatic rings. The zero-order valence-corrected chi connectivity index (χ0v) is 18.8. The number of nitrogens with zero attached hydrogens (tertiary/aromatic N) is 3.